The SMILES string of the molecule is Fc1[c-]c(F)c(F)cc1F. The number of hydrogen-bond donors (Lipinski definition) is 0. The number of hydrogen-bond acceptors (Lipinski definition) is 0. The van der Waals surface area contributed by atoms with Gasteiger partial charge in [-0.05, 0) is 0 Å². The fraction of sp³-hybridized carbons (Fsp3) is 0. The summed E-state index contributed by atoms with van der Waals surface area (Å²) in [5.74, 6) is -5.92. The fourth-order valence-corrected chi connectivity index (χ4v) is 0.454. The first-order valence-electron chi connectivity index (χ1n) is 2.33. The number of benzene rings is 1. The molecule has 10 heavy (non-hydrogen) atoms. The van der Waals surface area contributed by atoms with Crippen LogP contribution in [0.1, 0.15) is 0 Å². The van der Waals surface area contributed by atoms with E-state index in [0.717, 1.165) is 0 Å². The third-order valence-corrected chi connectivity index (χ3v) is 0.892. The maximum atomic E-state index is 11.9. The molecule has 0 atom stereocenters. The molecule has 0 radical (unpaired) electrons. The van der Waals surface area contributed by atoms with Gasteiger partial charge in [0.2, 0.25) is 0 Å². The van der Waals surface area contributed by atoms with E-state index in [0.29, 0.717) is 0 Å². The van der Waals surface area contributed by atoms with E-state index in [1.165, 1.54) is 6.07 Å². The molecule has 0 aliphatic rings. The van der Waals surface area contributed by atoms with Gasteiger partial charge in [-0.25, -0.2) is 8.78 Å². The number of halogens is 4. The van der Waals surface area contributed by atoms with Gasteiger partial charge in [-0.3, -0.25) is 8.78 Å². The van der Waals surface area contributed by atoms with Crippen molar-refractivity contribution in [3.8, 4) is 0 Å². The Hall–Kier alpha value is -1.06. The molecule has 0 bridgehead atoms. The first-order chi connectivity index (χ1) is 4.61. The molecule has 54 valence electrons. The third-order valence-electron chi connectivity index (χ3n) is 0.892. The summed E-state index contributed by atoms with van der Waals surface area (Å²) in [6.45, 7) is 0. The summed E-state index contributed by atoms with van der Waals surface area (Å²) in [6, 6.07) is 1.35. The van der Waals surface area contributed by atoms with Crippen LogP contribution in [0.3, 0.4) is 0 Å². The molecule has 4 heteroatoms. The van der Waals surface area contributed by atoms with Crippen molar-refractivity contribution >= 4 is 0 Å². The van der Waals surface area contributed by atoms with Gasteiger partial charge in [0.25, 0.3) is 0 Å². The highest BCUT2D eigenvalue weighted by Crippen LogP contribution is 2.10. The van der Waals surface area contributed by atoms with Crippen LogP contribution in [0.2, 0.25) is 0 Å². The van der Waals surface area contributed by atoms with E-state index in [1.807, 2.05) is 0 Å². The van der Waals surface area contributed by atoms with E-state index in [1.54, 1.807) is 0 Å². The molecule has 0 saturated heterocycles. The van der Waals surface area contributed by atoms with Crippen molar-refractivity contribution in [3.63, 3.8) is 0 Å². The minimum absolute atomic E-state index is 0.126. The van der Waals surface area contributed by atoms with Gasteiger partial charge in [-0.1, -0.05) is 6.07 Å². The van der Waals surface area contributed by atoms with Crippen LogP contribution in [0.4, 0.5) is 17.6 Å². The molecule has 0 N–H and O–H groups in total. The predicted octanol–water partition coefficient (Wildman–Crippen LogP) is 2.04. The summed E-state index contributed by atoms with van der Waals surface area (Å²) in [6.07, 6.45) is 0. The van der Waals surface area contributed by atoms with Crippen LogP contribution in [0.25, 0.3) is 0 Å². The summed E-state index contributed by atoms with van der Waals surface area (Å²) >= 11 is 0. The van der Waals surface area contributed by atoms with Crippen LogP contribution in [0, 0.1) is 29.3 Å². The summed E-state index contributed by atoms with van der Waals surface area (Å²) < 4.78 is 47.7. The van der Waals surface area contributed by atoms with Crippen molar-refractivity contribution in [1.29, 1.82) is 0 Å². The average molecular weight is 149 g/mol. The maximum Gasteiger partial charge on any atom is 0.0481 e. The lowest BCUT2D eigenvalue weighted by Crippen LogP contribution is -1.90. The highest BCUT2D eigenvalue weighted by molar-refractivity contribution is 5.08. The van der Waals surface area contributed by atoms with Crippen molar-refractivity contribution in [1.82, 2.24) is 0 Å². The molecule has 0 aliphatic heterocycles. The second-order valence-electron chi connectivity index (χ2n) is 1.59. The lowest BCUT2D eigenvalue weighted by atomic mass is 10.3. The Labute approximate surface area is 54.1 Å². The molecule has 0 nitrogen and oxygen atoms in total. The Balaban J connectivity index is 3.28. The Morgan fingerprint density at radius 2 is 1.30 bits per heavy atom. The molecule has 0 fully saturated rings. The van der Waals surface area contributed by atoms with E-state index in [4.69, 9.17) is 0 Å². The number of rotatable bonds is 0. The normalized spacial score (nSPS) is 10.0. The second kappa shape index (κ2) is 2.28. The van der Waals surface area contributed by atoms with Crippen LogP contribution < -0.4 is 0 Å². The van der Waals surface area contributed by atoms with Gasteiger partial charge < -0.3 is 0 Å². The molecule has 0 spiro atoms. The zero-order chi connectivity index (χ0) is 7.72. The van der Waals surface area contributed by atoms with Crippen LogP contribution in [-0.4, -0.2) is 0 Å². The Morgan fingerprint density at radius 1 is 0.900 bits per heavy atom. The van der Waals surface area contributed by atoms with Crippen LogP contribution in [-0.2, 0) is 0 Å². The lowest BCUT2D eigenvalue weighted by Gasteiger charge is -2.03. The quantitative estimate of drug-likeness (QED) is 0.301. The van der Waals surface area contributed by atoms with Crippen molar-refractivity contribution in [2.45, 2.75) is 0 Å². The summed E-state index contributed by atoms with van der Waals surface area (Å²) in [5, 5.41) is 0. The van der Waals surface area contributed by atoms with E-state index in [-0.39, 0.29) is 6.07 Å². The molecule has 0 aliphatic carbocycles. The van der Waals surface area contributed by atoms with Gasteiger partial charge in [-0.15, -0.1) is 6.07 Å². The standard InChI is InChI=1S/C6HF4/c7-3-1-4(8)6(10)2-5(3)9/h1H/q-1. The van der Waals surface area contributed by atoms with Crippen LogP contribution in [0.15, 0.2) is 6.07 Å². The molecule has 1 rings (SSSR count). The van der Waals surface area contributed by atoms with Gasteiger partial charge in [0.1, 0.15) is 0 Å². The zero-order valence-corrected chi connectivity index (χ0v) is 4.59. The molecule has 0 amide bonds. The Kier molecular flexibility index (Phi) is 1.61. The van der Waals surface area contributed by atoms with E-state index < -0.39 is 23.3 Å². The van der Waals surface area contributed by atoms with Gasteiger partial charge in [0.15, 0.2) is 0 Å². The second-order valence-corrected chi connectivity index (χ2v) is 1.59. The maximum absolute atomic E-state index is 11.9. The largest absolute Gasteiger partial charge is 0.281 e. The molecular weight excluding hydrogens is 148 g/mol. The zero-order valence-electron chi connectivity index (χ0n) is 4.59. The van der Waals surface area contributed by atoms with Crippen molar-refractivity contribution in [3.05, 3.63) is 35.4 Å². The highest BCUT2D eigenvalue weighted by atomic mass is 19.2. The topological polar surface area (TPSA) is 0 Å². The minimum Gasteiger partial charge on any atom is -0.281 e. The first-order valence-corrected chi connectivity index (χ1v) is 2.33. The van der Waals surface area contributed by atoms with Crippen molar-refractivity contribution in [2.75, 3.05) is 0 Å². The molecular formula is C6HF4-. The van der Waals surface area contributed by atoms with E-state index in [2.05, 4.69) is 0 Å². The van der Waals surface area contributed by atoms with E-state index in [9.17, 15) is 17.6 Å². The molecule has 0 aromatic heterocycles. The highest BCUT2D eigenvalue weighted by Gasteiger charge is 1.97. The van der Waals surface area contributed by atoms with Crippen molar-refractivity contribution in [2.24, 2.45) is 0 Å². The molecule has 1 aromatic rings. The smallest absolute Gasteiger partial charge is 0.0481 e. The lowest BCUT2D eigenvalue weighted by molar-refractivity contribution is 0.451. The van der Waals surface area contributed by atoms with E-state index >= 15 is 0 Å². The Morgan fingerprint density at radius 3 is 1.60 bits per heavy atom. The van der Waals surface area contributed by atoms with Gasteiger partial charge in [0.05, 0.1) is 0 Å². The first kappa shape index (κ1) is 7.05. The third kappa shape index (κ3) is 1.10. The van der Waals surface area contributed by atoms with Crippen LogP contribution in [0.5, 0.6) is 0 Å². The van der Waals surface area contributed by atoms with Crippen molar-refractivity contribution < 1.29 is 17.6 Å². The van der Waals surface area contributed by atoms with Crippen LogP contribution >= 0.6 is 0 Å². The molecule has 1 aromatic carbocycles. The fourth-order valence-electron chi connectivity index (χ4n) is 0.454. The van der Waals surface area contributed by atoms with Gasteiger partial charge in [0, 0.05) is 23.3 Å². The molecule has 0 saturated carbocycles. The predicted molar refractivity (Wildman–Crippen MR) is 25.1 cm³/mol. The summed E-state index contributed by atoms with van der Waals surface area (Å²) in [5.41, 5.74) is 0. The average Bonchev–Trinajstić information content (AvgIpc) is 1.84. The minimum atomic E-state index is -1.51. The van der Waals surface area contributed by atoms with Gasteiger partial charge >= 0.3 is 0 Å². The molecule has 0 unspecified atom stereocenters. The van der Waals surface area contributed by atoms with Gasteiger partial charge in [-0.2, -0.15) is 0 Å². The monoisotopic (exact) mass is 149 g/mol. The summed E-state index contributed by atoms with van der Waals surface area (Å²) in [7, 11) is 0. The Bertz CT molecular complexity index is 206. The molecule has 0 heterocycles. The summed E-state index contributed by atoms with van der Waals surface area (Å²) in [4.78, 5) is 0.